The summed E-state index contributed by atoms with van der Waals surface area (Å²) in [7, 11) is 1.67. The van der Waals surface area contributed by atoms with Crippen molar-refractivity contribution in [2.45, 2.75) is 82.6 Å². The molecule has 2 aromatic carbocycles. The minimum Gasteiger partial charge on any atom is -0.493 e. The van der Waals surface area contributed by atoms with Crippen LogP contribution in [0.4, 0.5) is 0 Å². The van der Waals surface area contributed by atoms with Crippen molar-refractivity contribution in [2.75, 3.05) is 26.7 Å². The molecule has 2 aliphatic heterocycles. The number of rotatable bonds is 9. The lowest BCUT2D eigenvalue weighted by atomic mass is 9.48. The van der Waals surface area contributed by atoms with Crippen molar-refractivity contribution in [3.05, 3.63) is 77.4 Å². The normalized spacial score (nSPS) is 28.7. The van der Waals surface area contributed by atoms with E-state index in [0.29, 0.717) is 25.1 Å². The number of ether oxygens (including phenoxy) is 3. The molecule has 7 nitrogen and oxygen atoms in total. The van der Waals surface area contributed by atoms with Gasteiger partial charge in [-0.05, 0) is 61.8 Å². The van der Waals surface area contributed by atoms with E-state index in [2.05, 4.69) is 50.4 Å². The summed E-state index contributed by atoms with van der Waals surface area (Å²) in [6.45, 7) is 14.0. The van der Waals surface area contributed by atoms with Crippen LogP contribution in [0.5, 0.6) is 11.5 Å². The molecule has 0 aromatic heterocycles. The molecule has 2 fully saturated rings. The van der Waals surface area contributed by atoms with Crippen molar-refractivity contribution < 1.29 is 23.8 Å². The number of hydrogen-bond acceptors (Lipinski definition) is 6. The summed E-state index contributed by atoms with van der Waals surface area (Å²) >= 11 is 0. The highest BCUT2D eigenvalue weighted by Crippen LogP contribution is 2.67. The highest BCUT2D eigenvalue weighted by atomic mass is 16.6. The second kappa shape index (κ2) is 11.2. The van der Waals surface area contributed by atoms with Gasteiger partial charge < -0.3 is 19.1 Å². The smallest absolute Gasteiger partial charge is 0.303 e. The molecule has 1 amide bonds. The maximum absolute atomic E-state index is 14.1. The summed E-state index contributed by atoms with van der Waals surface area (Å²) < 4.78 is 19.5. The van der Waals surface area contributed by atoms with Crippen LogP contribution < -0.4 is 9.47 Å². The first-order valence-corrected chi connectivity index (χ1v) is 15.6. The number of amides is 1. The molecule has 2 aromatic rings. The molecule has 228 valence electrons. The van der Waals surface area contributed by atoms with Crippen molar-refractivity contribution >= 4 is 18.0 Å². The number of aryl methyl sites for hydroxylation is 1. The van der Waals surface area contributed by atoms with Crippen molar-refractivity contribution in [1.29, 1.82) is 0 Å². The molecular formula is C36H44N2O5. The summed E-state index contributed by atoms with van der Waals surface area (Å²) in [5.74, 6) is 1.39. The Morgan fingerprint density at radius 2 is 2.05 bits per heavy atom. The fourth-order valence-electron chi connectivity index (χ4n) is 8.71. The van der Waals surface area contributed by atoms with Gasteiger partial charge in [0.2, 0.25) is 5.91 Å². The quantitative estimate of drug-likeness (QED) is 0.221. The first-order chi connectivity index (χ1) is 20.6. The van der Waals surface area contributed by atoms with Gasteiger partial charge in [0.25, 0.3) is 0 Å². The molecule has 0 unspecified atom stereocenters. The highest BCUT2D eigenvalue weighted by molar-refractivity contribution is 5.92. The molecule has 2 heterocycles. The molecule has 7 heteroatoms. The Kier molecular flexibility index (Phi) is 7.66. The SMILES string of the molecule is C=CCN1CC[C@]23c4c5ccc(OC)c4O[C@H]2[C@H](N(CC(C)C)C(=O)C=Cc2cccc(C)c2)CC[C@@]3(OC(C)=O)[C@H]1C5. The van der Waals surface area contributed by atoms with Gasteiger partial charge in [-0.2, -0.15) is 0 Å². The van der Waals surface area contributed by atoms with E-state index in [-0.39, 0.29) is 36.0 Å². The van der Waals surface area contributed by atoms with Crippen LogP contribution >= 0.6 is 0 Å². The molecule has 5 atom stereocenters. The standard InChI is InChI=1S/C36H44N2O5/c1-7-18-37-19-17-35-32-27-12-13-29(41-6)33(32)42-34(35)28(15-16-36(35,30(37)21-27)43-25(5)39)38(22-23(2)3)31(40)14-11-26-10-8-9-24(4)20-26/h7-14,20,23,28,30,34H,1,15-19,21-22H2,2-6H3/t28-,30-,34+,35+,36-/m1/s1. The summed E-state index contributed by atoms with van der Waals surface area (Å²) in [4.78, 5) is 31.5. The minimum atomic E-state index is -0.782. The molecule has 0 N–H and O–H groups in total. The van der Waals surface area contributed by atoms with Gasteiger partial charge >= 0.3 is 5.97 Å². The third-order valence-corrected chi connectivity index (χ3v) is 10.1. The number of carbonyl (C=O) groups excluding carboxylic acids is 2. The number of carbonyl (C=O) groups is 2. The van der Waals surface area contributed by atoms with Crippen molar-refractivity contribution in [1.82, 2.24) is 9.80 Å². The Morgan fingerprint density at radius 3 is 2.74 bits per heavy atom. The van der Waals surface area contributed by atoms with Crippen LogP contribution in [0, 0.1) is 12.8 Å². The molecule has 2 aliphatic carbocycles. The number of piperidine rings is 1. The van der Waals surface area contributed by atoms with E-state index in [1.807, 2.05) is 35.3 Å². The van der Waals surface area contributed by atoms with Crippen LogP contribution in [0.25, 0.3) is 6.08 Å². The lowest BCUT2D eigenvalue weighted by molar-refractivity contribution is -0.223. The van der Waals surface area contributed by atoms with E-state index in [1.54, 1.807) is 13.2 Å². The second-order valence-corrected chi connectivity index (χ2v) is 13.1. The number of hydrogen-bond donors (Lipinski definition) is 0. The number of likely N-dealkylation sites (tertiary alicyclic amines) is 1. The largest absolute Gasteiger partial charge is 0.493 e. The van der Waals surface area contributed by atoms with Gasteiger partial charge in [0.05, 0.1) is 24.6 Å². The Bertz CT molecular complexity index is 1470. The minimum absolute atomic E-state index is 0.0162. The molecule has 1 saturated carbocycles. The third-order valence-electron chi connectivity index (χ3n) is 10.1. The molecular weight excluding hydrogens is 540 g/mol. The molecule has 1 spiro atoms. The Balaban J connectivity index is 1.48. The van der Waals surface area contributed by atoms with Gasteiger partial charge in [0, 0.05) is 38.2 Å². The molecule has 1 saturated heterocycles. The lowest BCUT2D eigenvalue weighted by Gasteiger charge is -2.65. The number of nitrogens with zero attached hydrogens (tertiary/aromatic N) is 2. The molecule has 6 rings (SSSR count). The van der Waals surface area contributed by atoms with E-state index in [4.69, 9.17) is 14.2 Å². The van der Waals surface area contributed by atoms with Crippen LogP contribution in [-0.2, 0) is 26.2 Å². The second-order valence-electron chi connectivity index (χ2n) is 13.1. The fraction of sp³-hybridized carbons (Fsp3) is 0.500. The summed E-state index contributed by atoms with van der Waals surface area (Å²) in [6.07, 6.45) is 7.98. The van der Waals surface area contributed by atoms with Gasteiger partial charge in [-0.1, -0.05) is 55.8 Å². The van der Waals surface area contributed by atoms with Crippen molar-refractivity contribution in [3.8, 4) is 11.5 Å². The van der Waals surface area contributed by atoms with Gasteiger partial charge in [0.1, 0.15) is 11.7 Å². The maximum atomic E-state index is 14.1. The highest BCUT2D eigenvalue weighted by Gasteiger charge is 2.75. The van der Waals surface area contributed by atoms with Crippen LogP contribution in [0.2, 0.25) is 0 Å². The molecule has 0 radical (unpaired) electrons. The lowest BCUT2D eigenvalue weighted by Crippen LogP contribution is -2.79. The van der Waals surface area contributed by atoms with Gasteiger partial charge in [-0.25, -0.2) is 0 Å². The van der Waals surface area contributed by atoms with Crippen LogP contribution in [0.3, 0.4) is 0 Å². The van der Waals surface area contributed by atoms with Gasteiger partial charge in [-0.3, -0.25) is 14.5 Å². The number of methoxy groups -OCH3 is 1. The van der Waals surface area contributed by atoms with E-state index in [0.717, 1.165) is 48.4 Å². The maximum Gasteiger partial charge on any atom is 0.303 e. The monoisotopic (exact) mass is 584 g/mol. The Morgan fingerprint density at radius 1 is 1.23 bits per heavy atom. The zero-order valence-corrected chi connectivity index (χ0v) is 26.1. The summed E-state index contributed by atoms with van der Waals surface area (Å²) in [5.41, 5.74) is 3.09. The predicted octanol–water partition coefficient (Wildman–Crippen LogP) is 5.48. The van der Waals surface area contributed by atoms with Crippen molar-refractivity contribution in [3.63, 3.8) is 0 Å². The first kappa shape index (κ1) is 29.5. The fourth-order valence-corrected chi connectivity index (χ4v) is 8.71. The average Bonchev–Trinajstić information content (AvgIpc) is 3.31. The van der Waals surface area contributed by atoms with E-state index in [1.165, 1.54) is 12.5 Å². The number of esters is 1. The van der Waals surface area contributed by atoms with Crippen LogP contribution in [0.1, 0.15) is 62.3 Å². The summed E-state index contributed by atoms with van der Waals surface area (Å²) in [6, 6.07) is 12.1. The summed E-state index contributed by atoms with van der Waals surface area (Å²) in [5, 5.41) is 0. The van der Waals surface area contributed by atoms with Gasteiger partial charge in [-0.15, -0.1) is 6.58 Å². The molecule has 4 aliphatic rings. The van der Waals surface area contributed by atoms with E-state index in [9.17, 15) is 9.59 Å². The predicted molar refractivity (Wildman–Crippen MR) is 167 cm³/mol. The zero-order valence-electron chi connectivity index (χ0n) is 26.1. The zero-order chi connectivity index (χ0) is 30.5. The molecule has 43 heavy (non-hydrogen) atoms. The van der Waals surface area contributed by atoms with Gasteiger partial charge in [0.15, 0.2) is 11.5 Å². The topological polar surface area (TPSA) is 68.3 Å². The van der Waals surface area contributed by atoms with E-state index >= 15 is 0 Å². The van der Waals surface area contributed by atoms with Crippen LogP contribution in [-0.4, -0.2) is 72.2 Å². The Labute approximate surface area is 255 Å². The molecule has 2 bridgehead atoms. The Hall–Kier alpha value is -3.58. The average molecular weight is 585 g/mol. The van der Waals surface area contributed by atoms with Crippen molar-refractivity contribution in [2.24, 2.45) is 5.92 Å². The van der Waals surface area contributed by atoms with Crippen LogP contribution in [0.15, 0.2) is 55.1 Å². The third kappa shape index (κ3) is 4.59. The van der Waals surface area contributed by atoms with E-state index < -0.39 is 11.0 Å². The first-order valence-electron chi connectivity index (χ1n) is 15.6. The number of benzene rings is 2.